The molecule has 0 saturated carbocycles. The predicted molar refractivity (Wildman–Crippen MR) is 64.3 cm³/mol. The Morgan fingerprint density at radius 1 is 1.31 bits per heavy atom. The Kier molecular flexibility index (Phi) is 5.35. The molecule has 0 spiro atoms. The topological polar surface area (TPSA) is 47.0 Å². The molecule has 0 radical (unpaired) electrons. The van der Waals surface area contributed by atoms with Gasteiger partial charge in [0.05, 0.1) is 18.0 Å². The van der Waals surface area contributed by atoms with Crippen LogP contribution in [0.15, 0.2) is 12.4 Å². The number of ether oxygens (including phenoxy) is 1. The summed E-state index contributed by atoms with van der Waals surface area (Å²) in [6.45, 7) is 9.67. The summed E-state index contributed by atoms with van der Waals surface area (Å²) in [5, 5.41) is 3.44. The van der Waals surface area contributed by atoms with Gasteiger partial charge in [-0.1, -0.05) is 0 Å². The fourth-order valence-electron chi connectivity index (χ4n) is 1.69. The van der Waals surface area contributed by atoms with E-state index in [1.165, 1.54) is 0 Å². The minimum Gasteiger partial charge on any atom is -0.380 e. The molecule has 0 amide bonds. The van der Waals surface area contributed by atoms with Gasteiger partial charge in [0.2, 0.25) is 0 Å². The molecule has 4 heteroatoms. The van der Waals surface area contributed by atoms with Crippen molar-refractivity contribution in [3.8, 4) is 0 Å². The Bertz CT molecular complexity index is 317. The zero-order valence-corrected chi connectivity index (χ0v) is 10.5. The number of hydrogen-bond donors (Lipinski definition) is 1. The Labute approximate surface area is 97.5 Å². The van der Waals surface area contributed by atoms with E-state index in [1.54, 1.807) is 12.4 Å². The Hall–Kier alpha value is -1.00. The van der Waals surface area contributed by atoms with Gasteiger partial charge in [-0.2, -0.15) is 0 Å². The lowest BCUT2D eigenvalue weighted by atomic mass is 10.1. The molecule has 1 aromatic heterocycles. The molecule has 2 atom stereocenters. The molecule has 1 rings (SSSR count). The van der Waals surface area contributed by atoms with Crippen LogP contribution in [-0.2, 0) is 4.74 Å². The van der Waals surface area contributed by atoms with Gasteiger partial charge in [-0.05, 0) is 27.7 Å². The Balaban J connectivity index is 2.52. The maximum absolute atomic E-state index is 5.36. The third-order valence-electron chi connectivity index (χ3n) is 2.44. The number of hydrogen-bond acceptors (Lipinski definition) is 4. The van der Waals surface area contributed by atoms with Crippen molar-refractivity contribution in [2.45, 2.75) is 39.8 Å². The second kappa shape index (κ2) is 6.55. The molecule has 0 aliphatic heterocycles. The normalized spacial score (nSPS) is 14.8. The van der Waals surface area contributed by atoms with Crippen LogP contribution in [0.4, 0.5) is 0 Å². The van der Waals surface area contributed by atoms with Gasteiger partial charge < -0.3 is 10.1 Å². The van der Waals surface area contributed by atoms with Crippen LogP contribution in [0.2, 0.25) is 0 Å². The second-order valence-electron chi connectivity index (χ2n) is 3.98. The van der Waals surface area contributed by atoms with Crippen LogP contribution in [0.25, 0.3) is 0 Å². The van der Waals surface area contributed by atoms with E-state index < -0.39 is 0 Å². The average Bonchev–Trinajstić information content (AvgIpc) is 2.26. The molecular weight excluding hydrogens is 202 g/mol. The van der Waals surface area contributed by atoms with Gasteiger partial charge in [0.15, 0.2) is 0 Å². The monoisotopic (exact) mass is 223 g/mol. The SMILES string of the molecule is CCOCC(C)NC(C)c1nccnc1C. The summed E-state index contributed by atoms with van der Waals surface area (Å²) in [4.78, 5) is 8.58. The third kappa shape index (κ3) is 3.87. The van der Waals surface area contributed by atoms with Crippen LogP contribution in [0.3, 0.4) is 0 Å². The van der Waals surface area contributed by atoms with Gasteiger partial charge in [0.1, 0.15) is 0 Å². The highest BCUT2D eigenvalue weighted by molar-refractivity contribution is 5.12. The van der Waals surface area contributed by atoms with Crippen molar-refractivity contribution >= 4 is 0 Å². The van der Waals surface area contributed by atoms with Gasteiger partial charge in [-0.25, -0.2) is 0 Å². The van der Waals surface area contributed by atoms with E-state index in [9.17, 15) is 0 Å². The van der Waals surface area contributed by atoms with Crippen molar-refractivity contribution < 1.29 is 4.74 Å². The summed E-state index contributed by atoms with van der Waals surface area (Å²) in [6.07, 6.45) is 3.45. The zero-order valence-electron chi connectivity index (χ0n) is 10.5. The standard InChI is InChI=1S/C12H21N3O/c1-5-16-8-9(2)15-11(4)12-10(3)13-6-7-14-12/h6-7,9,11,15H,5,8H2,1-4H3. The minimum atomic E-state index is 0.198. The summed E-state index contributed by atoms with van der Waals surface area (Å²) in [5.74, 6) is 0. The first-order chi connectivity index (χ1) is 7.65. The molecule has 1 N–H and O–H groups in total. The molecule has 0 aliphatic carbocycles. The maximum Gasteiger partial charge on any atom is 0.0782 e. The highest BCUT2D eigenvalue weighted by atomic mass is 16.5. The quantitative estimate of drug-likeness (QED) is 0.799. The van der Waals surface area contributed by atoms with E-state index in [4.69, 9.17) is 4.74 Å². The van der Waals surface area contributed by atoms with Gasteiger partial charge in [0.25, 0.3) is 0 Å². The van der Waals surface area contributed by atoms with Crippen LogP contribution >= 0.6 is 0 Å². The third-order valence-corrected chi connectivity index (χ3v) is 2.44. The van der Waals surface area contributed by atoms with Gasteiger partial charge >= 0.3 is 0 Å². The summed E-state index contributed by atoms with van der Waals surface area (Å²) in [5.41, 5.74) is 1.98. The van der Waals surface area contributed by atoms with Crippen molar-refractivity contribution in [1.82, 2.24) is 15.3 Å². The van der Waals surface area contributed by atoms with Crippen LogP contribution in [0.5, 0.6) is 0 Å². The number of nitrogens with one attached hydrogen (secondary N) is 1. The summed E-state index contributed by atoms with van der Waals surface area (Å²) in [6, 6.07) is 0.514. The molecular formula is C12H21N3O. The van der Waals surface area contributed by atoms with Crippen molar-refractivity contribution in [3.63, 3.8) is 0 Å². The Morgan fingerprint density at radius 2 is 2.00 bits per heavy atom. The second-order valence-corrected chi connectivity index (χ2v) is 3.98. The highest BCUT2D eigenvalue weighted by Crippen LogP contribution is 2.12. The van der Waals surface area contributed by atoms with Crippen LogP contribution in [0.1, 0.15) is 38.2 Å². The number of aromatic nitrogens is 2. The van der Waals surface area contributed by atoms with E-state index in [-0.39, 0.29) is 6.04 Å². The van der Waals surface area contributed by atoms with Gasteiger partial charge in [0, 0.05) is 31.1 Å². The van der Waals surface area contributed by atoms with Gasteiger partial charge in [-0.3, -0.25) is 9.97 Å². The lowest BCUT2D eigenvalue weighted by Gasteiger charge is -2.20. The lowest BCUT2D eigenvalue weighted by molar-refractivity contribution is 0.124. The lowest BCUT2D eigenvalue weighted by Crippen LogP contribution is -2.33. The fourth-order valence-corrected chi connectivity index (χ4v) is 1.69. The molecule has 1 heterocycles. The van der Waals surface area contributed by atoms with Crippen molar-refractivity contribution in [2.24, 2.45) is 0 Å². The zero-order chi connectivity index (χ0) is 12.0. The van der Waals surface area contributed by atoms with E-state index in [0.29, 0.717) is 6.04 Å². The number of rotatable bonds is 6. The molecule has 0 bridgehead atoms. The van der Waals surface area contributed by atoms with Crippen molar-refractivity contribution in [2.75, 3.05) is 13.2 Å². The molecule has 0 aliphatic rings. The average molecular weight is 223 g/mol. The maximum atomic E-state index is 5.36. The molecule has 4 nitrogen and oxygen atoms in total. The Morgan fingerprint density at radius 3 is 2.62 bits per heavy atom. The first-order valence-electron chi connectivity index (χ1n) is 5.76. The van der Waals surface area contributed by atoms with Crippen molar-refractivity contribution in [3.05, 3.63) is 23.8 Å². The first-order valence-corrected chi connectivity index (χ1v) is 5.76. The molecule has 0 fully saturated rings. The van der Waals surface area contributed by atoms with Gasteiger partial charge in [-0.15, -0.1) is 0 Å². The first kappa shape index (κ1) is 13.1. The molecule has 0 aromatic carbocycles. The number of nitrogens with zero attached hydrogens (tertiary/aromatic N) is 2. The van der Waals surface area contributed by atoms with Crippen LogP contribution in [0, 0.1) is 6.92 Å². The predicted octanol–water partition coefficient (Wildman–Crippen LogP) is 1.86. The fraction of sp³-hybridized carbons (Fsp3) is 0.667. The van der Waals surface area contributed by atoms with E-state index in [0.717, 1.165) is 24.6 Å². The van der Waals surface area contributed by atoms with Crippen LogP contribution < -0.4 is 5.32 Å². The summed E-state index contributed by atoms with van der Waals surface area (Å²) in [7, 11) is 0. The van der Waals surface area contributed by atoms with E-state index in [1.807, 2.05) is 13.8 Å². The highest BCUT2D eigenvalue weighted by Gasteiger charge is 2.12. The minimum absolute atomic E-state index is 0.198. The molecule has 0 saturated heterocycles. The molecule has 90 valence electrons. The summed E-state index contributed by atoms with van der Waals surface area (Å²) < 4.78 is 5.36. The smallest absolute Gasteiger partial charge is 0.0782 e. The van der Waals surface area contributed by atoms with E-state index >= 15 is 0 Å². The largest absolute Gasteiger partial charge is 0.380 e. The van der Waals surface area contributed by atoms with E-state index in [2.05, 4.69) is 29.1 Å². The molecule has 1 aromatic rings. The van der Waals surface area contributed by atoms with Crippen molar-refractivity contribution in [1.29, 1.82) is 0 Å². The molecule has 2 unspecified atom stereocenters. The molecule has 16 heavy (non-hydrogen) atoms. The summed E-state index contributed by atoms with van der Waals surface area (Å²) >= 11 is 0. The van der Waals surface area contributed by atoms with Crippen LogP contribution in [-0.4, -0.2) is 29.2 Å². The number of aryl methyl sites for hydroxylation is 1.